The largest absolute Gasteiger partial charge is 0.382 e. The summed E-state index contributed by atoms with van der Waals surface area (Å²) in [5.41, 5.74) is 1.63. The van der Waals surface area contributed by atoms with Crippen molar-refractivity contribution >= 4 is 11.6 Å². The summed E-state index contributed by atoms with van der Waals surface area (Å²) in [6, 6.07) is 9.51. The van der Waals surface area contributed by atoms with Crippen LogP contribution in [-0.4, -0.2) is 29.9 Å². The molecule has 1 aliphatic heterocycles. The number of nitriles is 2. The van der Waals surface area contributed by atoms with Crippen LogP contribution in [0.5, 0.6) is 0 Å². The first-order valence-corrected chi connectivity index (χ1v) is 6.60. The molecule has 1 fully saturated rings. The number of benzene rings is 1. The first-order chi connectivity index (χ1) is 9.63. The van der Waals surface area contributed by atoms with Crippen LogP contribution in [0.4, 0.5) is 5.69 Å². The van der Waals surface area contributed by atoms with E-state index in [4.69, 9.17) is 10.5 Å². The predicted octanol–water partition coefficient (Wildman–Crippen LogP) is 1.85. The van der Waals surface area contributed by atoms with Gasteiger partial charge < -0.3 is 10.2 Å². The van der Waals surface area contributed by atoms with E-state index in [1.807, 2.05) is 23.1 Å². The van der Waals surface area contributed by atoms with Crippen molar-refractivity contribution in [2.24, 2.45) is 0 Å². The zero-order valence-corrected chi connectivity index (χ0v) is 11.4. The second-order valence-electron chi connectivity index (χ2n) is 4.91. The Morgan fingerprint density at radius 2 is 1.90 bits per heavy atom. The van der Waals surface area contributed by atoms with Crippen LogP contribution in [0.1, 0.15) is 30.9 Å². The van der Waals surface area contributed by atoms with Crippen molar-refractivity contribution in [2.75, 3.05) is 18.4 Å². The smallest absolute Gasteiger partial charge is 0.219 e. The Balaban J connectivity index is 2.00. The Morgan fingerprint density at radius 1 is 1.25 bits per heavy atom. The van der Waals surface area contributed by atoms with Gasteiger partial charge in [-0.25, -0.2) is 0 Å². The fourth-order valence-electron chi connectivity index (χ4n) is 2.40. The van der Waals surface area contributed by atoms with E-state index in [-0.39, 0.29) is 5.91 Å². The number of nitrogens with zero attached hydrogens (tertiary/aromatic N) is 3. The highest BCUT2D eigenvalue weighted by Gasteiger charge is 2.20. The van der Waals surface area contributed by atoms with Crippen molar-refractivity contribution in [3.05, 3.63) is 29.3 Å². The summed E-state index contributed by atoms with van der Waals surface area (Å²) in [5, 5.41) is 21.3. The summed E-state index contributed by atoms with van der Waals surface area (Å²) in [7, 11) is 0. The Hall–Kier alpha value is -2.53. The van der Waals surface area contributed by atoms with Crippen LogP contribution in [-0.2, 0) is 4.79 Å². The summed E-state index contributed by atoms with van der Waals surface area (Å²) in [5.74, 6) is 0.119. The van der Waals surface area contributed by atoms with Gasteiger partial charge in [-0.15, -0.1) is 0 Å². The number of amides is 1. The molecule has 0 spiro atoms. The molecule has 2 rings (SSSR count). The average molecular weight is 268 g/mol. The quantitative estimate of drug-likeness (QED) is 0.887. The van der Waals surface area contributed by atoms with Crippen LogP contribution in [0, 0.1) is 22.7 Å². The minimum Gasteiger partial charge on any atom is -0.382 e. The highest BCUT2D eigenvalue weighted by molar-refractivity contribution is 5.73. The van der Waals surface area contributed by atoms with E-state index in [1.165, 1.54) is 0 Å². The first kappa shape index (κ1) is 13.9. The van der Waals surface area contributed by atoms with E-state index in [0.717, 1.165) is 31.6 Å². The zero-order chi connectivity index (χ0) is 14.5. The summed E-state index contributed by atoms with van der Waals surface area (Å²) < 4.78 is 0. The number of rotatable bonds is 2. The lowest BCUT2D eigenvalue weighted by atomic mass is 10.0. The van der Waals surface area contributed by atoms with Crippen molar-refractivity contribution < 1.29 is 4.79 Å². The first-order valence-electron chi connectivity index (χ1n) is 6.60. The molecule has 1 saturated heterocycles. The standard InChI is InChI=1S/C15H16N4O/c1-11(20)19-6-4-14(5-7-19)18-15-3-2-12(9-16)13(8-15)10-17/h2-3,8,14,18H,4-7H2,1H3. The van der Waals surface area contributed by atoms with Gasteiger partial charge in [0.2, 0.25) is 5.91 Å². The SMILES string of the molecule is CC(=O)N1CCC(Nc2ccc(C#N)c(C#N)c2)CC1. The number of hydrogen-bond donors (Lipinski definition) is 1. The number of hydrogen-bond acceptors (Lipinski definition) is 4. The minimum atomic E-state index is 0.119. The van der Waals surface area contributed by atoms with E-state index in [9.17, 15) is 4.79 Å². The third kappa shape index (κ3) is 3.07. The van der Waals surface area contributed by atoms with E-state index in [0.29, 0.717) is 17.2 Å². The van der Waals surface area contributed by atoms with E-state index in [1.54, 1.807) is 19.1 Å². The van der Waals surface area contributed by atoms with Crippen LogP contribution in [0.25, 0.3) is 0 Å². The van der Waals surface area contributed by atoms with Gasteiger partial charge >= 0.3 is 0 Å². The van der Waals surface area contributed by atoms with E-state index >= 15 is 0 Å². The van der Waals surface area contributed by atoms with Crippen LogP contribution in [0.15, 0.2) is 18.2 Å². The fourth-order valence-corrected chi connectivity index (χ4v) is 2.40. The van der Waals surface area contributed by atoms with Gasteiger partial charge in [0.25, 0.3) is 0 Å². The molecule has 1 aliphatic rings. The van der Waals surface area contributed by atoms with Gasteiger partial charge in [-0.2, -0.15) is 10.5 Å². The number of likely N-dealkylation sites (tertiary alicyclic amines) is 1. The van der Waals surface area contributed by atoms with Crippen molar-refractivity contribution in [2.45, 2.75) is 25.8 Å². The molecule has 0 saturated carbocycles. The molecule has 0 aromatic heterocycles. The molecule has 0 radical (unpaired) electrons. The van der Waals surface area contributed by atoms with Gasteiger partial charge in [-0.3, -0.25) is 4.79 Å². The van der Waals surface area contributed by atoms with Gasteiger partial charge in [-0.1, -0.05) is 0 Å². The molecule has 20 heavy (non-hydrogen) atoms. The lowest BCUT2D eigenvalue weighted by Crippen LogP contribution is -2.41. The highest BCUT2D eigenvalue weighted by atomic mass is 16.2. The van der Waals surface area contributed by atoms with Crippen LogP contribution in [0.2, 0.25) is 0 Å². The van der Waals surface area contributed by atoms with Crippen molar-refractivity contribution in [1.82, 2.24) is 4.90 Å². The molecule has 1 aromatic rings. The molecule has 1 N–H and O–H groups in total. The molecule has 1 heterocycles. The molecule has 0 unspecified atom stereocenters. The van der Waals surface area contributed by atoms with Crippen molar-refractivity contribution in [3.8, 4) is 12.1 Å². The van der Waals surface area contributed by atoms with E-state index in [2.05, 4.69) is 5.32 Å². The van der Waals surface area contributed by atoms with Gasteiger partial charge in [-0.05, 0) is 31.0 Å². The number of carbonyl (C=O) groups is 1. The maximum Gasteiger partial charge on any atom is 0.219 e. The number of piperidine rings is 1. The molecular weight excluding hydrogens is 252 g/mol. The fraction of sp³-hybridized carbons (Fsp3) is 0.400. The Labute approximate surface area is 118 Å². The average Bonchev–Trinajstić information content (AvgIpc) is 2.47. The topological polar surface area (TPSA) is 79.9 Å². The summed E-state index contributed by atoms with van der Waals surface area (Å²) in [4.78, 5) is 13.1. The third-order valence-corrected chi connectivity index (χ3v) is 3.57. The number of anilines is 1. The zero-order valence-electron chi connectivity index (χ0n) is 11.4. The lowest BCUT2D eigenvalue weighted by molar-refractivity contribution is -0.129. The summed E-state index contributed by atoms with van der Waals surface area (Å²) in [6.07, 6.45) is 1.78. The molecule has 0 aliphatic carbocycles. The molecule has 1 aromatic carbocycles. The Kier molecular flexibility index (Phi) is 4.22. The predicted molar refractivity (Wildman–Crippen MR) is 74.8 cm³/mol. The van der Waals surface area contributed by atoms with Crippen molar-refractivity contribution in [1.29, 1.82) is 10.5 Å². The Bertz CT molecular complexity index is 589. The maximum absolute atomic E-state index is 11.3. The molecule has 0 bridgehead atoms. The second kappa shape index (κ2) is 6.08. The normalized spacial score (nSPS) is 15.2. The van der Waals surface area contributed by atoms with Gasteiger partial charge in [0.1, 0.15) is 12.1 Å². The Morgan fingerprint density at radius 3 is 2.45 bits per heavy atom. The lowest BCUT2D eigenvalue weighted by Gasteiger charge is -2.32. The molecular formula is C15H16N4O. The van der Waals surface area contributed by atoms with Crippen LogP contribution < -0.4 is 5.32 Å². The van der Waals surface area contributed by atoms with Gasteiger partial charge in [0, 0.05) is 31.7 Å². The monoisotopic (exact) mass is 268 g/mol. The second-order valence-corrected chi connectivity index (χ2v) is 4.91. The summed E-state index contributed by atoms with van der Waals surface area (Å²) in [6.45, 7) is 3.11. The molecule has 5 nitrogen and oxygen atoms in total. The van der Waals surface area contributed by atoms with Gasteiger partial charge in [0.15, 0.2) is 0 Å². The third-order valence-electron chi connectivity index (χ3n) is 3.57. The molecule has 5 heteroatoms. The van der Waals surface area contributed by atoms with Crippen LogP contribution in [0.3, 0.4) is 0 Å². The molecule has 1 amide bonds. The number of carbonyl (C=O) groups excluding carboxylic acids is 1. The van der Waals surface area contributed by atoms with E-state index < -0.39 is 0 Å². The van der Waals surface area contributed by atoms with Crippen molar-refractivity contribution in [3.63, 3.8) is 0 Å². The molecule has 0 atom stereocenters. The minimum absolute atomic E-state index is 0.119. The number of nitrogens with one attached hydrogen (secondary N) is 1. The summed E-state index contributed by atoms with van der Waals surface area (Å²) >= 11 is 0. The van der Waals surface area contributed by atoms with Gasteiger partial charge in [0.05, 0.1) is 11.1 Å². The van der Waals surface area contributed by atoms with Crippen LogP contribution >= 0.6 is 0 Å². The molecule has 102 valence electrons. The maximum atomic E-state index is 11.3. The highest BCUT2D eigenvalue weighted by Crippen LogP contribution is 2.19.